The summed E-state index contributed by atoms with van der Waals surface area (Å²) in [4.78, 5) is 12.7. The molecule has 3 rings (SSSR count). The van der Waals surface area contributed by atoms with Gasteiger partial charge >= 0.3 is 0 Å². The van der Waals surface area contributed by atoms with Crippen LogP contribution in [-0.2, 0) is 9.53 Å². The SMILES string of the molecule is CC1(C)C2OCCC2C1(N)C(=O)Nc1cccc(Cl)c1. The number of halogens is 1. The highest BCUT2D eigenvalue weighted by Crippen LogP contribution is 2.58. The third kappa shape index (κ3) is 1.72. The van der Waals surface area contributed by atoms with E-state index in [1.54, 1.807) is 24.3 Å². The zero-order valence-corrected chi connectivity index (χ0v) is 12.4. The van der Waals surface area contributed by atoms with Gasteiger partial charge in [0.2, 0.25) is 5.91 Å². The Morgan fingerprint density at radius 2 is 2.25 bits per heavy atom. The lowest BCUT2D eigenvalue weighted by Gasteiger charge is -2.60. The van der Waals surface area contributed by atoms with Crippen LogP contribution < -0.4 is 11.1 Å². The van der Waals surface area contributed by atoms with Crippen molar-refractivity contribution in [2.24, 2.45) is 17.1 Å². The molecule has 2 aliphatic rings. The van der Waals surface area contributed by atoms with E-state index in [1.165, 1.54) is 0 Å². The van der Waals surface area contributed by atoms with Gasteiger partial charge in [-0.3, -0.25) is 4.79 Å². The molecule has 1 saturated carbocycles. The van der Waals surface area contributed by atoms with Gasteiger partial charge in [-0.05, 0) is 24.6 Å². The molecule has 1 amide bonds. The Hall–Kier alpha value is -1.10. The maximum Gasteiger partial charge on any atom is 0.245 e. The summed E-state index contributed by atoms with van der Waals surface area (Å²) in [5, 5.41) is 3.48. The Morgan fingerprint density at radius 3 is 2.95 bits per heavy atom. The zero-order valence-electron chi connectivity index (χ0n) is 11.7. The van der Waals surface area contributed by atoms with Crippen molar-refractivity contribution < 1.29 is 9.53 Å². The van der Waals surface area contributed by atoms with Crippen LogP contribution in [0.2, 0.25) is 5.02 Å². The van der Waals surface area contributed by atoms with Gasteiger partial charge in [0.25, 0.3) is 0 Å². The van der Waals surface area contributed by atoms with Crippen LogP contribution in [0.4, 0.5) is 5.69 Å². The molecule has 3 unspecified atom stereocenters. The van der Waals surface area contributed by atoms with Gasteiger partial charge in [-0.25, -0.2) is 0 Å². The predicted octanol–water partition coefficient (Wildman–Crippen LogP) is 2.42. The third-order valence-corrected chi connectivity index (χ3v) is 5.15. The standard InChI is InChI=1S/C15H19ClN2O2/c1-14(2)12-11(6-7-20-12)15(14,17)13(19)18-10-5-3-4-9(16)8-10/h3-5,8,11-12H,6-7,17H2,1-2H3,(H,18,19). The summed E-state index contributed by atoms with van der Waals surface area (Å²) in [6.07, 6.45) is 0.922. The molecule has 1 aromatic carbocycles. The number of nitrogens with two attached hydrogens (primary N) is 1. The summed E-state index contributed by atoms with van der Waals surface area (Å²) in [7, 11) is 0. The number of fused-ring (bicyclic) bond motifs is 1. The lowest BCUT2D eigenvalue weighted by Crippen LogP contribution is -2.79. The minimum Gasteiger partial charge on any atom is -0.377 e. The van der Waals surface area contributed by atoms with Gasteiger partial charge in [-0.15, -0.1) is 0 Å². The van der Waals surface area contributed by atoms with E-state index < -0.39 is 5.54 Å². The molecule has 0 aromatic heterocycles. The van der Waals surface area contributed by atoms with Crippen molar-refractivity contribution in [3.05, 3.63) is 29.3 Å². The van der Waals surface area contributed by atoms with Crippen LogP contribution in [-0.4, -0.2) is 24.2 Å². The average molecular weight is 295 g/mol. The van der Waals surface area contributed by atoms with Gasteiger partial charge in [0.1, 0.15) is 5.54 Å². The van der Waals surface area contributed by atoms with Crippen LogP contribution in [0.15, 0.2) is 24.3 Å². The largest absolute Gasteiger partial charge is 0.377 e. The molecule has 4 nitrogen and oxygen atoms in total. The van der Waals surface area contributed by atoms with Crippen LogP contribution in [0.25, 0.3) is 0 Å². The molecular formula is C15H19ClN2O2. The molecular weight excluding hydrogens is 276 g/mol. The Labute approximate surface area is 123 Å². The lowest BCUT2D eigenvalue weighted by atomic mass is 9.48. The van der Waals surface area contributed by atoms with Crippen LogP contribution >= 0.6 is 11.6 Å². The van der Waals surface area contributed by atoms with E-state index in [9.17, 15) is 4.79 Å². The zero-order chi connectivity index (χ0) is 14.5. The second-order valence-electron chi connectivity index (χ2n) is 6.24. The number of benzene rings is 1. The number of hydrogen-bond acceptors (Lipinski definition) is 3. The Balaban J connectivity index is 1.83. The van der Waals surface area contributed by atoms with Gasteiger partial charge in [0.15, 0.2) is 0 Å². The average Bonchev–Trinajstić information content (AvgIpc) is 2.85. The van der Waals surface area contributed by atoms with Gasteiger partial charge < -0.3 is 15.8 Å². The van der Waals surface area contributed by atoms with E-state index in [0.717, 1.165) is 6.42 Å². The molecule has 1 heterocycles. The highest BCUT2D eigenvalue weighted by Gasteiger charge is 2.71. The lowest BCUT2D eigenvalue weighted by molar-refractivity contribution is -0.170. The molecule has 2 fully saturated rings. The molecule has 0 radical (unpaired) electrons. The van der Waals surface area contributed by atoms with Crippen molar-refractivity contribution in [1.82, 2.24) is 0 Å². The van der Waals surface area contributed by atoms with Gasteiger partial charge in [-0.2, -0.15) is 0 Å². The number of rotatable bonds is 2. The summed E-state index contributed by atoms with van der Waals surface area (Å²) in [5.74, 6) is -0.0619. The fourth-order valence-corrected chi connectivity index (χ4v) is 3.84. The second-order valence-corrected chi connectivity index (χ2v) is 6.68. The normalized spacial score (nSPS) is 34.2. The monoisotopic (exact) mass is 294 g/mol. The first-order valence-corrected chi connectivity index (χ1v) is 7.22. The fourth-order valence-electron chi connectivity index (χ4n) is 3.65. The summed E-state index contributed by atoms with van der Waals surface area (Å²) in [6, 6.07) is 7.09. The van der Waals surface area contributed by atoms with Crippen molar-refractivity contribution in [3.63, 3.8) is 0 Å². The quantitative estimate of drug-likeness (QED) is 0.880. The van der Waals surface area contributed by atoms with Crippen molar-refractivity contribution >= 4 is 23.2 Å². The minimum absolute atomic E-state index is 0.0811. The number of carbonyl (C=O) groups is 1. The van der Waals surface area contributed by atoms with E-state index in [0.29, 0.717) is 17.3 Å². The molecule has 0 bridgehead atoms. The van der Waals surface area contributed by atoms with E-state index in [1.807, 2.05) is 13.8 Å². The van der Waals surface area contributed by atoms with E-state index >= 15 is 0 Å². The van der Waals surface area contributed by atoms with Crippen LogP contribution in [0.1, 0.15) is 20.3 Å². The number of hydrogen-bond donors (Lipinski definition) is 2. The number of anilines is 1. The topological polar surface area (TPSA) is 64.3 Å². The third-order valence-electron chi connectivity index (χ3n) is 4.91. The Morgan fingerprint density at radius 1 is 1.50 bits per heavy atom. The Bertz CT molecular complexity index is 561. The van der Waals surface area contributed by atoms with Crippen molar-refractivity contribution in [1.29, 1.82) is 0 Å². The van der Waals surface area contributed by atoms with Crippen LogP contribution in [0.3, 0.4) is 0 Å². The molecule has 0 spiro atoms. The molecule has 1 saturated heterocycles. The summed E-state index contributed by atoms with van der Waals surface area (Å²) < 4.78 is 5.70. The van der Waals surface area contributed by atoms with Gasteiger partial charge in [0, 0.05) is 28.6 Å². The first kappa shape index (κ1) is 13.9. The van der Waals surface area contributed by atoms with Crippen LogP contribution in [0.5, 0.6) is 0 Å². The smallest absolute Gasteiger partial charge is 0.245 e. The Kier molecular flexibility index (Phi) is 3.08. The maximum absolute atomic E-state index is 12.7. The number of carbonyl (C=O) groups excluding carboxylic acids is 1. The molecule has 1 aromatic rings. The molecule has 108 valence electrons. The summed E-state index contributed by atoms with van der Waals surface area (Å²) in [6.45, 7) is 4.68. The molecule has 3 atom stereocenters. The fraction of sp³-hybridized carbons (Fsp3) is 0.533. The van der Waals surface area contributed by atoms with Crippen molar-refractivity contribution in [2.75, 3.05) is 11.9 Å². The number of nitrogens with one attached hydrogen (secondary N) is 1. The summed E-state index contributed by atoms with van der Waals surface area (Å²) >= 11 is 5.93. The van der Waals surface area contributed by atoms with Crippen molar-refractivity contribution in [3.8, 4) is 0 Å². The molecule has 20 heavy (non-hydrogen) atoms. The van der Waals surface area contributed by atoms with E-state index in [2.05, 4.69) is 5.32 Å². The maximum atomic E-state index is 12.7. The van der Waals surface area contributed by atoms with E-state index in [-0.39, 0.29) is 23.3 Å². The molecule has 1 aliphatic carbocycles. The first-order chi connectivity index (χ1) is 9.37. The summed E-state index contributed by atoms with van der Waals surface area (Å²) in [5.41, 5.74) is 5.89. The molecule has 3 N–H and O–H groups in total. The number of amides is 1. The first-order valence-electron chi connectivity index (χ1n) is 6.85. The second kappa shape index (κ2) is 4.45. The predicted molar refractivity (Wildman–Crippen MR) is 78.6 cm³/mol. The highest BCUT2D eigenvalue weighted by molar-refractivity contribution is 6.30. The highest BCUT2D eigenvalue weighted by atomic mass is 35.5. The number of ether oxygens (including phenoxy) is 1. The molecule has 1 aliphatic heterocycles. The van der Waals surface area contributed by atoms with Crippen LogP contribution in [0, 0.1) is 11.3 Å². The van der Waals surface area contributed by atoms with Gasteiger partial charge in [-0.1, -0.05) is 31.5 Å². The van der Waals surface area contributed by atoms with Crippen molar-refractivity contribution in [2.45, 2.75) is 31.9 Å². The van der Waals surface area contributed by atoms with E-state index in [4.69, 9.17) is 22.1 Å². The minimum atomic E-state index is -0.892. The van der Waals surface area contributed by atoms with Gasteiger partial charge in [0.05, 0.1) is 6.10 Å². The molecule has 5 heteroatoms.